The molecule has 3 saturated heterocycles. The Balaban J connectivity index is 1.55. The summed E-state index contributed by atoms with van der Waals surface area (Å²) in [5, 5.41) is 0. The summed E-state index contributed by atoms with van der Waals surface area (Å²) in [5.74, 6) is 1.62. The Labute approximate surface area is 150 Å². The van der Waals surface area contributed by atoms with Gasteiger partial charge in [-0.15, -0.1) is 0 Å². The van der Waals surface area contributed by atoms with Crippen molar-refractivity contribution in [2.45, 2.75) is 31.2 Å². The second-order valence-electron chi connectivity index (χ2n) is 7.07. The first-order valence-corrected chi connectivity index (χ1v) is 8.90. The number of aromatic nitrogens is 4. The molecule has 26 heavy (non-hydrogen) atoms. The van der Waals surface area contributed by atoms with Crippen LogP contribution in [0.15, 0.2) is 18.5 Å². The van der Waals surface area contributed by atoms with Gasteiger partial charge in [0.05, 0.1) is 31.0 Å². The van der Waals surface area contributed by atoms with E-state index in [2.05, 4.69) is 19.9 Å². The van der Waals surface area contributed by atoms with Crippen LogP contribution in [0.2, 0.25) is 0 Å². The van der Waals surface area contributed by atoms with Gasteiger partial charge in [-0.25, -0.2) is 19.3 Å². The van der Waals surface area contributed by atoms with Crippen molar-refractivity contribution in [1.82, 2.24) is 19.9 Å². The van der Waals surface area contributed by atoms with Gasteiger partial charge in [-0.2, -0.15) is 4.98 Å². The molecule has 0 aliphatic carbocycles. The van der Waals surface area contributed by atoms with E-state index in [0.717, 1.165) is 36.6 Å². The van der Waals surface area contributed by atoms with Crippen molar-refractivity contribution in [2.24, 2.45) is 0 Å². The van der Waals surface area contributed by atoms with E-state index in [-0.39, 0.29) is 12.1 Å². The van der Waals surface area contributed by atoms with Crippen molar-refractivity contribution in [1.29, 1.82) is 0 Å². The Morgan fingerprint density at radius 1 is 1.19 bits per heavy atom. The number of nitrogen functional groups attached to an aromatic ring is 1. The average Bonchev–Trinajstić information content (AvgIpc) is 3.39. The summed E-state index contributed by atoms with van der Waals surface area (Å²) >= 11 is 0. The van der Waals surface area contributed by atoms with Gasteiger partial charge in [0.15, 0.2) is 0 Å². The first-order valence-electron chi connectivity index (χ1n) is 8.90. The van der Waals surface area contributed by atoms with Crippen LogP contribution in [0.4, 0.5) is 22.1 Å². The molecule has 0 spiro atoms. The zero-order valence-electron chi connectivity index (χ0n) is 14.3. The van der Waals surface area contributed by atoms with E-state index >= 15 is 0 Å². The Bertz CT molecular complexity index is 817. The highest BCUT2D eigenvalue weighted by molar-refractivity contribution is 5.65. The Hall–Kier alpha value is -2.55. The maximum atomic E-state index is 13.7. The minimum atomic E-state index is -0.832. The molecule has 3 fully saturated rings. The molecule has 5 rings (SSSR count). The quantitative estimate of drug-likeness (QED) is 0.871. The smallest absolute Gasteiger partial charge is 0.227 e. The first-order chi connectivity index (χ1) is 12.7. The van der Waals surface area contributed by atoms with Gasteiger partial charge in [0.2, 0.25) is 11.9 Å². The zero-order chi connectivity index (χ0) is 17.7. The second kappa shape index (κ2) is 6.01. The van der Waals surface area contributed by atoms with Crippen molar-refractivity contribution >= 4 is 17.7 Å². The highest BCUT2D eigenvalue weighted by atomic mass is 19.1. The Morgan fingerprint density at radius 2 is 2.04 bits per heavy atom. The standard InChI is InChI=1S/C17H20FN7O/c18-11-1-2-24(7-11)17-22-14(10-5-20-16(19)21-6-10)4-15(23-17)25-8-13-3-12(25)9-26-13/h4-6,11-13H,1-3,7-9H2,(H2,19,20,21)/t11-,12+,13+/m1/s1. The van der Waals surface area contributed by atoms with Crippen LogP contribution in [-0.4, -0.2) is 64.5 Å². The van der Waals surface area contributed by atoms with Gasteiger partial charge < -0.3 is 20.3 Å². The van der Waals surface area contributed by atoms with E-state index in [0.29, 0.717) is 31.5 Å². The molecular formula is C17H20FN7O. The van der Waals surface area contributed by atoms with Gasteiger partial charge in [-0.3, -0.25) is 0 Å². The molecule has 2 aromatic heterocycles. The van der Waals surface area contributed by atoms with Gasteiger partial charge >= 0.3 is 0 Å². The molecule has 8 nitrogen and oxygen atoms in total. The topological polar surface area (TPSA) is 93.3 Å². The molecule has 9 heteroatoms. The first kappa shape index (κ1) is 15.7. The lowest BCUT2D eigenvalue weighted by atomic mass is 10.2. The maximum absolute atomic E-state index is 13.7. The molecule has 2 bridgehead atoms. The number of fused-ring (bicyclic) bond motifs is 2. The number of hydrogen-bond acceptors (Lipinski definition) is 8. The lowest BCUT2D eigenvalue weighted by Gasteiger charge is -2.29. The number of rotatable bonds is 3. The van der Waals surface area contributed by atoms with E-state index in [1.54, 1.807) is 12.4 Å². The van der Waals surface area contributed by atoms with Crippen LogP contribution in [0.25, 0.3) is 11.3 Å². The van der Waals surface area contributed by atoms with Crippen molar-refractivity contribution in [3.05, 3.63) is 18.5 Å². The van der Waals surface area contributed by atoms with E-state index < -0.39 is 6.17 Å². The third kappa shape index (κ3) is 2.72. The molecule has 0 saturated carbocycles. The fraction of sp³-hybridized carbons (Fsp3) is 0.529. The molecular weight excluding hydrogens is 337 g/mol. The number of anilines is 3. The van der Waals surface area contributed by atoms with Gasteiger partial charge in [0.25, 0.3) is 0 Å². The normalized spacial score (nSPS) is 27.5. The second-order valence-corrected chi connectivity index (χ2v) is 7.07. The molecule has 0 radical (unpaired) electrons. The van der Waals surface area contributed by atoms with Crippen LogP contribution in [0.3, 0.4) is 0 Å². The highest BCUT2D eigenvalue weighted by Gasteiger charge is 2.40. The van der Waals surface area contributed by atoms with Crippen LogP contribution in [0.5, 0.6) is 0 Å². The number of ether oxygens (including phenoxy) is 1. The summed E-state index contributed by atoms with van der Waals surface area (Å²) < 4.78 is 19.4. The SMILES string of the molecule is Nc1ncc(-c2cc(N3C[C@@H]4C[C@H]3CO4)nc(N3CC[C@@H](F)C3)n2)cn1. The zero-order valence-corrected chi connectivity index (χ0v) is 14.3. The summed E-state index contributed by atoms with van der Waals surface area (Å²) in [7, 11) is 0. The third-order valence-electron chi connectivity index (χ3n) is 5.28. The average molecular weight is 357 g/mol. The van der Waals surface area contributed by atoms with Crippen LogP contribution < -0.4 is 15.5 Å². The molecule has 2 aromatic rings. The van der Waals surface area contributed by atoms with Crippen molar-refractivity contribution in [3.8, 4) is 11.3 Å². The van der Waals surface area contributed by atoms with Gasteiger partial charge in [-0.05, 0) is 12.8 Å². The van der Waals surface area contributed by atoms with Crippen LogP contribution in [-0.2, 0) is 4.74 Å². The van der Waals surface area contributed by atoms with Gasteiger partial charge in [-0.1, -0.05) is 0 Å². The lowest BCUT2D eigenvalue weighted by molar-refractivity contribution is 0.0989. The number of nitrogens with zero attached hydrogens (tertiary/aromatic N) is 6. The molecule has 0 unspecified atom stereocenters. The number of halogens is 1. The monoisotopic (exact) mass is 357 g/mol. The summed E-state index contributed by atoms with van der Waals surface area (Å²) in [5.41, 5.74) is 7.08. The molecule has 2 N–H and O–H groups in total. The predicted molar refractivity (Wildman–Crippen MR) is 94.7 cm³/mol. The summed E-state index contributed by atoms with van der Waals surface area (Å²) in [4.78, 5) is 21.7. The van der Waals surface area contributed by atoms with Crippen LogP contribution in [0.1, 0.15) is 12.8 Å². The van der Waals surface area contributed by atoms with E-state index in [4.69, 9.17) is 15.5 Å². The molecule has 0 amide bonds. The summed E-state index contributed by atoms with van der Waals surface area (Å²) in [6, 6.07) is 2.29. The van der Waals surface area contributed by atoms with Crippen LogP contribution >= 0.6 is 0 Å². The third-order valence-corrected chi connectivity index (χ3v) is 5.28. The molecule has 3 aliphatic heterocycles. The molecule has 5 heterocycles. The van der Waals surface area contributed by atoms with Crippen molar-refractivity contribution < 1.29 is 9.13 Å². The molecule has 3 atom stereocenters. The van der Waals surface area contributed by atoms with Gasteiger partial charge in [0.1, 0.15) is 12.0 Å². The maximum Gasteiger partial charge on any atom is 0.227 e. The summed E-state index contributed by atoms with van der Waals surface area (Å²) in [6.07, 6.45) is 4.27. The lowest BCUT2D eigenvalue weighted by Crippen LogP contribution is -2.38. The molecule has 136 valence electrons. The number of alkyl halides is 1. The summed E-state index contributed by atoms with van der Waals surface area (Å²) in [6.45, 7) is 2.50. The Morgan fingerprint density at radius 3 is 2.69 bits per heavy atom. The predicted octanol–water partition coefficient (Wildman–Crippen LogP) is 1.04. The largest absolute Gasteiger partial charge is 0.374 e. The minimum Gasteiger partial charge on any atom is -0.374 e. The number of hydrogen-bond donors (Lipinski definition) is 1. The van der Waals surface area contributed by atoms with Crippen molar-refractivity contribution in [2.75, 3.05) is 41.8 Å². The molecule has 3 aliphatic rings. The van der Waals surface area contributed by atoms with E-state index in [1.807, 2.05) is 11.0 Å². The van der Waals surface area contributed by atoms with Crippen molar-refractivity contribution in [3.63, 3.8) is 0 Å². The highest BCUT2D eigenvalue weighted by Crippen LogP contribution is 2.34. The molecule has 0 aromatic carbocycles. The number of nitrogens with two attached hydrogens (primary N) is 1. The van der Waals surface area contributed by atoms with E-state index in [1.165, 1.54) is 0 Å². The Kier molecular flexibility index (Phi) is 3.63. The fourth-order valence-corrected chi connectivity index (χ4v) is 3.91. The minimum absolute atomic E-state index is 0.220. The van der Waals surface area contributed by atoms with Gasteiger partial charge in [0, 0.05) is 37.1 Å². The fourth-order valence-electron chi connectivity index (χ4n) is 3.91. The number of morpholine rings is 1. The van der Waals surface area contributed by atoms with E-state index in [9.17, 15) is 4.39 Å². The van der Waals surface area contributed by atoms with Crippen LogP contribution in [0, 0.1) is 0 Å².